The van der Waals surface area contributed by atoms with Crippen molar-refractivity contribution in [3.05, 3.63) is 58.9 Å². The fraction of sp³-hybridized carbons (Fsp3) is 0.235. The summed E-state index contributed by atoms with van der Waals surface area (Å²) in [4.78, 5) is 28.6. The van der Waals surface area contributed by atoms with Gasteiger partial charge in [0.2, 0.25) is 5.91 Å². The number of hydrogen-bond donors (Lipinski definition) is 1. The number of hydrogen-bond acceptors (Lipinski definition) is 5. The Hall–Kier alpha value is -2.67. The van der Waals surface area contributed by atoms with Crippen LogP contribution in [0.15, 0.2) is 42.0 Å². The number of carbonyl (C=O) groups excluding carboxylic acids is 2. The number of benzene rings is 1. The Morgan fingerprint density at radius 3 is 2.79 bits per heavy atom. The Kier molecular flexibility index (Phi) is 4.90. The van der Waals surface area contributed by atoms with Crippen molar-refractivity contribution >= 4 is 28.2 Å². The molecule has 0 saturated heterocycles. The second kappa shape index (κ2) is 7.27. The molecule has 1 N–H and O–H groups in total. The van der Waals surface area contributed by atoms with Crippen LogP contribution >= 0.6 is 11.3 Å². The maximum atomic E-state index is 12.0. The van der Waals surface area contributed by atoms with E-state index in [2.05, 4.69) is 15.0 Å². The summed E-state index contributed by atoms with van der Waals surface area (Å²) in [5.74, 6) is -0.401. The molecule has 0 spiro atoms. The van der Waals surface area contributed by atoms with E-state index >= 15 is 0 Å². The third kappa shape index (κ3) is 3.80. The number of nitrogens with zero attached hydrogens (tertiary/aromatic N) is 2. The Bertz CT molecular complexity index is 823. The number of thiazole rings is 1. The van der Waals surface area contributed by atoms with E-state index in [9.17, 15) is 9.59 Å². The molecule has 2 heterocycles. The zero-order chi connectivity index (χ0) is 16.9. The van der Waals surface area contributed by atoms with Gasteiger partial charge in [-0.25, -0.2) is 9.78 Å². The second-order valence-corrected chi connectivity index (χ2v) is 6.16. The number of amides is 1. The number of carbonyl (C=O) groups is 2. The highest BCUT2D eigenvalue weighted by atomic mass is 32.1. The number of nitrogens with one attached hydrogen (secondary N) is 1. The van der Waals surface area contributed by atoms with Gasteiger partial charge < -0.3 is 10.1 Å². The van der Waals surface area contributed by atoms with Crippen LogP contribution in [-0.4, -0.2) is 34.9 Å². The van der Waals surface area contributed by atoms with Crippen LogP contribution in [0.3, 0.4) is 0 Å². The molecule has 0 aliphatic carbocycles. The van der Waals surface area contributed by atoms with Gasteiger partial charge in [-0.3, -0.25) is 9.20 Å². The Balaban J connectivity index is 1.46. The molecule has 0 aliphatic heterocycles. The minimum Gasteiger partial charge on any atom is -0.465 e. The zero-order valence-corrected chi connectivity index (χ0v) is 14.0. The molecule has 2 aromatic heterocycles. The van der Waals surface area contributed by atoms with Crippen LogP contribution < -0.4 is 5.32 Å². The lowest BCUT2D eigenvalue weighted by Gasteiger charge is -2.05. The van der Waals surface area contributed by atoms with Crippen LogP contribution in [0.25, 0.3) is 4.96 Å². The molecule has 1 amide bonds. The average Bonchev–Trinajstić information content (AvgIpc) is 3.16. The highest BCUT2D eigenvalue weighted by Crippen LogP contribution is 2.11. The standard InChI is InChI=1S/C17H17N3O3S/c1-23-16(22)13-4-2-12(3-5-13)6-7-18-15(21)10-14-11-20-8-9-24-17(20)19-14/h2-5,8-9,11H,6-7,10H2,1H3,(H,18,21). The van der Waals surface area contributed by atoms with Gasteiger partial charge >= 0.3 is 5.97 Å². The smallest absolute Gasteiger partial charge is 0.337 e. The van der Waals surface area contributed by atoms with Gasteiger partial charge in [0, 0.05) is 24.3 Å². The Morgan fingerprint density at radius 1 is 1.29 bits per heavy atom. The van der Waals surface area contributed by atoms with Gasteiger partial charge in [0.15, 0.2) is 4.96 Å². The zero-order valence-electron chi connectivity index (χ0n) is 13.2. The Morgan fingerprint density at radius 2 is 2.08 bits per heavy atom. The molecule has 124 valence electrons. The molecule has 0 atom stereocenters. The van der Waals surface area contributed by atoms with Crippen LogP contribution in [0, 0.1) is 0 Å². The molecular weight excluding hydrogens is 326 g/mol. The summed E-state index contributed by atoms with van der Waals surface area (Å²) in [6, 6.07) is 7.17. The summed E-state index contributed by atoms with van der Waals surface area (Å²) in [6.07, 6.45) is 4.77. The minimum absolute atomic E-state index is 0.0491. The number of imidazole rings is 1. The van der Waals surface area contributed by atoms with Crippen molar-refractivity contribution < 1.29 is 14.3 Å². The topological polar surface area (TPSA) is 72.7 Å². The largest absolute Gasteiger partial charge is 0.465 e. The number of methoxy groups -OCH3 is 1. The summed E-state index contributed by atoms with van der Waals surface area (Å²) < 4.78 is 6.57. The number of esters is 1. The predicted molar refractivity (Wildman–Crippen MR) is 91.3 cm³/mol. The number of fused-ring (bicyclic) bond motifs is 1. The van der Waals surface area contributed by atoms with Crippen molar-refractivity contribution in [3.63, 3.8) is 0 Å². The maximum Gasteiger partial charge on any atom is 0.337 e. The fourth-order valence-corrected chi connectivity index (χ4v) is 3.08. The summed E-state index contributed by atoms with van der Waals surface area (Å²) in [5, 5.41) is 4.84. The van der Waals surface area contributed by atoms with E-state index in [1.165, 1.54) is 7.11 Å². The van der Waals surface area contributed by atoms with Gasteiger partial charge in [0.25, 0.3) is 0 Å². The minimum atomic E-state index is -0.352. The third-order valence-electron chi connectivity index (χ3n) is 3.60. The van der Waals surface area contributed by atoms with Crippen LogP contribution in [0.4, 0.5) is 0 Å². The molecule has 0 unspecified atom stereocenters. The molecule has 3 rings (SSSR count). The molecule has 24 heavy (non-hydrogen) atoms. The SMILES string of the molecule is COC(=O)c1ccc(CCNC(=O)Cc2cn3ccsc3n2)cc1. The number of ether oxygens (including phenoxy) is 1. The highest BCUT2D eigenvalue weighted by Gasteiger charge is 2.08. The van der Waals surface area contributed by atoms with Gasteiger partial charge in [0.05, 0.1) is 24.8 Å². The van der Waals surface area contributed by atoms with Gasteiger partial charge in [-0.05, 0) is 24.1 Å². The van der Waals surface area contributed by atoms with E-state index in [1.807, 2.05) is 34.3 Å². The lowest BCUT2D eigenvalue weighted by Crippen LogP contribution is -2.27. The lowest BCUT2D eigenvalue weighted by molar-refractivity contribution is -0.120. The predicted octanol–water partition coefficient (Wildman–Crippen LogP) is 2.08. The molecule has 3 aromatic rings. The van der Waals surface area contributed by atoms with Crippen molar-refractivity contribution in [2.75, 3.05) is 13.7 Å². The van der Waals surface area contributed by atoms with Crippen LogP contribution in [-0.2, 0) is 22.4 Å². The van der Waals surface area contributed by atoms with Crippen LogP contribution in [0.1, 0.15) is 21.6 Å². The summed E-state index contributed by atoms with van der Waals surface area (Å²) in [5.41, 5.74) is 2.33. The molecule has 0 aliphatic rings. The molecule has 0 bridgehead atoms. The molecular formula is C17H17N3O3S. The van der Waals surface area contributed by atoms with E-state index in [1.54, 1.807) is 23.5 Å². The normalized spacial score (nSPS) is 10.7. The summed E-state index contributed by atoms with van der Waals surface area (Å²) in [7, 11) is 1.36. The highest BCUT2D eigenvalue weighted by molar-refractivity contribution is 7.15. The average molecular weight is 343 g/mol. The van der Waals surface area contributed by atoms with E-state index < -0.39 is 0 Å². The summed E-state index contributed by atoms with van der Waals surface area (Å²) >= 11 is 1.54. The molecule has 0 saturated carbocycles. The van der Waals surface area contributed by atoms with E-state index in [-0.39, 0.29) is 18.3 Å². The van der Waals surface area contributed by atoms with Crippen molar-refractivity contribution in [2.24, 2.45) is 0 Å². The number of rotatable bonds is 6. The van der Waals surface area contributed by atoms with Gasteiger partial charge in [-0.1, -0.05) is 12.1 Å². The first-order valence-corrected chi connectivity index (χ1v) is 8.38. The molecule has 7 heteroatoms. The van der Waals surface area contributed by atoms with E-state index in [0.29, 0.717) is 18.5 Å². The van der Waals surface area contributed by atoms with Gasteiger partial charge in [-0.15, -0.1) is 11.3 Å². The quantitative estimate of drug-likeness (QED) is 0.696. The first-order valence-electron chi connectivity index (χ1n) is 7.51. The van der Waals surface area contributed by atoms with Crippen molar-refractivity contribution in [1.29, 1.82) is 0 Å². The molecule has 1 aromatic carbocycles. The maximum absolute atomic E-state index is 12.0. The molecule has 0 fully saturated rings. The van der Waals surface area contributed by atoms with Crippen molar-refractivity contribution in [2.45, 2.75) is 12.8 Å². The Labute approximate surface area is 143 Å². The van der Waals surface area contributed by atoms with E-state index in [0.717, 1.165) is 16.2 Å². The first-order chi connectivity index (χ1) is 11.7. The monoisotopic (exact) mass is 343 g/mol. The molecule has 6 nitrogen and oxygen atoms in total. The van der Waals surface area contributed by atoms with Crippen LogP contribution in [0.5, 0.6) is 0 Å². The van der Waals surface area contributed by atoms with Gasteiger partial charge in [-0.2, -0.15) is 0 Å². The molecule has 0 radical (unpaired) electrons. The van der Waals surface area contributed by atoms with Gasteiger partial charge in [0.1, 0.15) is 0 Å². The second-order valence-electron chi connectivity index (χ2n) is 5.29. The first kappa shape index (κ1) is 16.2. The van der Waals surface area contributed by atoms with Crippen molar-refractivity contribution in [1.82, 2.24) is 14.7 Å². The lowest BCUT2D eigenvalue weighted by atomic mass is 10.1. The van der Waals surface area contributed by atoms with Crippen LogP contribution in [0.2, 0.25) is 0 Å². The fourth-order valence-electron chi connectivity index (χ4n) is 2.36. The summed E-state index contributed by atoms with van der Waals surface area (Å²) in [6.45, 7) is 0.540. The van der Waals surface area contributed by atoms with E-state index in [4.69, 9.17) is 0 Å². The number of aromatic nitrogens is 2. The third-order valence-corrected chi connectivity index (χ3v) is 4.37. The van der Waals surface area contributed by atoms with Crippen molar-refractivity contribution in [3.8, 4) is 0 Å².